The second-order valence-electron chi connectivity index (χ2n) is 4.79. The van der Waals surface area contributed by atoms with Crippen molar-refractivity contribution in [2.75, 3.05) is 11.9 Å². The van der Waals surface area contributed by atoms with Crippen molar-refractivity contribution >= 4 is 23.5 Å². The van der Waals surface area contributed by atoms with E-state index in [1.165, 1.54) is 12.1 Å². The lowest BCUT2D eigenvalue weighted by atomic mass is 10.0. The first-order valence-corrected chi connectivity index (χ1v) is 6.47. The maximum absolute atomic E-state index is 11.8. The van der Waals surface area contributed by atoms with Gasteiger partial charge in [0.05, 0.1) is 5.92 Å². The van der Waals surface area contributed by atoms with Crippen LogP contribution < -0.4 is 16.4 Å². The number of amides is 2. The Morgan fingerprint density at radius 1 is 1.19 bits per heavy atom. The minimum absolute atomic E-state index is 0.201. The molecule has 114 valence electrons. The molecule has 1 aromatic rings. The Hall–Kier alpha value is -2.41. The summed E-state index contributed by atoms with van der Waals surface area (Å²) in [5.74, 6) is -2.13. The highest BCUT2D eigenvalue weighted by atomic mass is 16.4. The standard InChI is InChI=1S/C14H19N3O4/c1-8(9(2)15)13(20)17-11-5-3-10(4-6-11)14(21)16-7-12(18)19/h3-6,8-9H,7,15H2,1-2H3,(H,16,21)(H,17,20)(H,18,19). The summed E-state index contributed by atoms with van der Waals surface area (Å²) >= 11 is 0. The molecular weight excluding hydrogens is 274 g/mol. The molecule has 0 saturated carbocycles. The van der Waals surface area contributed by atoms with Crippen LogP contribution in [-0.2, 0) is 9.59 Å². The summed E-state index contributed by atoms with van der Waals surface area (Å²) in [4.78, 5) is 33.8. The molecule has 0 radical (unpaired) electrons. The van der Waals surface area contributed by atoms with Gasteiger partial charge in [-0.2, -0.15) is 0 Å². The Kier molecular flexibility index (Phi) is 5.86. The van der Waals surface area contributed by atoms with Gasteiger partial charge in [0.15, 0.2) is 0 Å². The fraction of sp³-hybridized carbons (Fsp3) is 0.357. The summed E-state index contributed by atoms with van der Waals surface area (Å²) in [6.07, 6.45) is 0. The van der Waals surface area contributed by atoms with Crippen LogP contribution in [0.1, 0.15) is 24.2 Å². The van der Waals surface area contributed by atoms with Gasteiger partial charge in [0.2, 0.25) is 5.91 Å². The van der Waals surface area contributed by atoms with Crippen molar-refractivity contribution in [2.24, 2.45) is 11.7 Å². The van der Waals surface area contributed by atoms with E-state index in [1.807, 2.05) is 0 Å². The highest BCUT2D eigenvalue weighted by molar-refractivity contribution is 5.97. The molecule has 0 fully saturated rings. The van der Waals surface area contributed by atoms with Crippen LogP contribution in [0.4, 0.5) is 5.69 Å². The average Bonchev–Trinajstić information content (AvgIpc) is 2.44. The number of benzene rings is 1. The molecule has 0 aromatic heterocycles. The fourth-order valence-electron chi connectivity index (χ4n) is 1.46. The van der Waals surface area contributed by atoms with Crippen molar-refractivity contribution < 1.29 is 19.5 Å². The molecule has 0 aliphatic rings. The summed E-state index contributed by atoms with van der Waals surface area (Å²) in [6, 6.07) is 5.89. The molecule has 0 bridgehead atoms. The van der Waals surface area contributed by atoms with Crippen molar-refractivity contribution in [3.05, 3.63) is 29.8 Å². The molecule has 1 aromatic carbocycles. The van der Waals surface area contributed by atoms with Crippen molar-refractivity contribution in [3.63, 3.8) is 0 Å². The summed E-state index contributed by atoms with van der Waals surface area (Å²) in [5.41, 5.74) is 6.51. The van der Waals surface area contributed by atoms with Gasteiger partial charge in [-0.3, -0.25) is 14.4 Å². The summed E-state index contributed by atoms with van der Waals surface area (Å²) < 4.78 is 0. The van der Waals surface area contributed by atoms with Gasteiger partial charge in [0.1, 0.15) is 6.54 Å². The molecule has 0 aliphatic heterocycles. The van der Waals surface area contributed by atoms with Crippen LogP contribution in [0, 0.1) is 5.92 Å². The lowest BCUT2D eigenvalue weighted by molar-refractivity contribution is -0.135. The maximum atomic E-state index is 11.8. The molecule has 5 N–H and O–H groups in total. The normalized spacial score (nSPS) is 13.1. The summed E-state index contributed by atoms with van der Waals surface area (Å²) in [5, 5.41) is 13.4. The monoisotopic (exact) mass is 293 g/mol. The third kappa shape index (κ3) is 5.23. The van der Waals surface area contributed by atoms with Crippen molar-refractivity contribution in [1.82, 2.24) is 5.32 Å². The van der Waals surface area contributed by atoms with Gasteiger partial charge in [0, 0.05) is 17.3 Å². The Bertz CT molecular complexity index is 526. The van der Waals surface area contributed by atoms with Gasteiger partial charge in [-0.15, -0.1) is 0 Å². The zero-order valence-electron chi connectivity index (χ0n) is 11.9. The molecule has 0 aliphatic carbocycles. The zero-order chi connectivity index (χ0) is 16.0. The smallest absolute Gasteiger partial charge is 0.322 e. The van der Waals surface area contributed by atoms with Crippen LogP contribution >= 0.6 is 0 Å². The predicted molar refractivity (Wildman–Crippen MR) is 77.9 cm³/mol. The predicted octanol–water partition coefficient (Wildman–Crippen LogP) is 0.423. The molecule has 0 spiro atoms. The first kappa shape index (κ1) is 16.6. The van der Waals surface area contributed by atoms with E-state index < -0.39 is 18.4 Å². The number of carboxylic acids is 1. The number of aliphatic carboxylic acids is 1. The van der Waals surface area contributed by atoms with E-state index in [-0.39, 0.29) is 17.9 Å². The minimum Gasteiger partial charge on any atom is -0.480 e. The SMILES string of the molecule is CC(N)C(C)C(=O)Nc1ccc(C(=O)NCC(=O)O)cc1. The van der Waals surface area contributed by atoms with Crippen LogP contribution in [0.2, 0.25) is 0 Å². The molecule has 2 amide bonds. The number of anilines is 1. The van der Waals surface area contributed by atoms with E-state index in [0.717, 1.165) is 0 Å². The van der Waals surface area contributed by atoms with Gasteiger partial charge >= 0.3 is 5.97 Å². The number of rotatable bonds is 6. The van der Waals surface area contributed by atoms with Crippen molar-refractivity contribution in [1.29, 1.82) is 0 Å². The van der Waals surface area contributed by atoms with Gasteiger partial charge in [0.25, 0.3) is 5.91 Å². The van der Waals surface area contributed by atoms with Crippen LogP contribution in [0.15, 0.2) is 24.3 Å². The third-order valence-electron chi connectivity index (χ3n) is 3.02. The molecular formula is C14H19N3O4. The van der Waals surface area contributed by atoms with Gasteiger partial charge in [-0.25, -0.2) is 0 Å². The number of nitrogens with two attached hydrogens (primary N) is 1. The number of hydrogen-bond donors (Lipinski definition) is 4. The van der Waals surface area contributed by atoms with Crippen LogP contribution in [0.25, 0.3) is 0 Å². The highest BCUT2D eigenvalue weighted by Crippen LogP contribution is 2.12. The summed E-state index contributed by atoms with van der Waals surface area (Å²) in [7, 11) is 0. The second-order valence-corrected chi connectivity index (χ2v) is 4.79. The number of hydrogen-bond acceptors (Lipinski definition) is 4. The second kappa shape index (κ2) is 7.39. The Morgan fingerprint density at radius 3 is 2.24 bits per heavy atom. The van der Waals surface area contributed by atoms with Crippen LogP contribution in [0.3, 0.4) is 0 Å². The van der Waals surface area contributed by atoms with E-state index in [4.69, 9.17) is 10.8 Å². The lowest BCUT2D eigenvalue weighted by Gasteiger charge is -2.15. The largest absolute Gasteiger partial charge is 0.480 e. The lowest BCUT2D eigenvalue weighted by Crippen LogP contribution is -2.34. The Balaban J connectivity index is 2.64. The number of nitrogens with one attached hydrogen (secondary N) is 2. The Morgan fingerprint density at radius 2 is 1.76 bits per heavy atom. The van der Waals surface area contributed by atoms with Gasteiger partial charge in [-0.1, -0.05) is 6.92 Å². The van der Waals surface area contributed by atoms with E-state index in [2.05, 4.69) is 10.6 Å². The van der Waals surface area contributed by atoms with E-state index in [9.17, 15) is 14.4 Å². The quantitative estimate of drug-likeness (QED) is 0.605. The molecule has 1 rings (SSSR count). The first-order valence-electron chi connectivity index (χ1n) is 6.47. The van der Waals surface area contributed by atoms with Crippen molar-refractivity contribution in [3.8, 4) is 0 Å². The maximum Gasteiger partial charge on any atom is 0.322 e. The molecule has 21 heavy (non-hydrogen) atoms. The molecule has 0 saturated heterocycles. The third-order valence-corrected chi connectivity index (χ3v) is 3.02. The topological polar surface area (TPSA) is 122 Å². The molecule has 7 heteroatoms. The zero-order valence-corrected chi connectivity index (χ0v) is 11.9. The summed E-state index contributed by atoms with van der Waals surface area (Å²) in [6.45, 7) is 3.04. The molecule has 7 nitrogen and oxygen atoms in total. The van der Waals surface area contributed by atoms with E-state index >= 15 is 0 Å². The van der Waals surface area contributed by atoms with Crippen LogP contribution in [0.5, 0.6) is 0 Å². The first-order chi connectivity index (χ1) is 9.81. The fourth-order valence-corrected chi connectivity index (χ4v) is 1.46. The van der Waals surface area contributed by atoms with Crippen LogP contribution in [-0.4, -0.2) is 35.5 Å². The number of carboxylic acid groups (broad SMARTS) is 1. The van der Waals surface area contributed by atoms with Gasteiger partial charge in [-0.05, 0) is 31.2 Å². The molecule has 2 unspecified atom stereocenters. The molecule has 2 atom stereocenters. The molecule has 0 heterocycles. The number of carbonyl (C=O) groups excluding carboxylic acids is 2. The van der Waals surface area contributed by atoms with E-state index in [0.29, 0.717) is 11.3 Å². The highest BCUT2D eigenvalue weighted by Gasteiger charge is 2.17. The number of carbonyl (C=O) groups is 3. The van der Waals surface area contributed by atoms with E-state index in [1.54, 1.807) is 26.0 Å². The van der Waals surface area contributed by atoms with Gasteiger partial charge < -0.3 is 21.5 Å². The minimum atomic E-state index is -1.11. The Labute approximate surface area is 122 Å². The average molecular weight is 293 g/mol. The van der Waals surface area contributed by atoms with Crippen molar-refractivity contribution in [2.45, 2.75) is 19.9 Å².